The number of halogens is 2. The minimum atomic E-state index is -4.04. The van der Waals surface area contributed by atoms with Crippen molar-refractivity contribution in [3.8, 4) is 0 Å². The number of anilines is 1. The van der Waals surface area contributed by atoms with E-state index in [-0.39, 0.29) is 29.8 Å². The maximum atomic E-state index is 13.6. The zero-order chi connectivity index (χ0) is 13.9. The van der Waals surface area contributed by atoms with Gasteiger partial charge < -0.3 is 10.8 Å². The summed E-state index contributed by atoms with van der Waals surface area (Å²) < 4.78 is 39.5. The van der Waals surface area contributed by atoms with Gasteiger partial charge >= 0.3 is 0 Å². The predicted molar refractivity (Wildman–Crippen MR) is 67.3 cm³/mol. The van der Waals surface area contributed by atoms with Crippen molar-refractivity contribution < 1.29 is 17.9 Å². The van der Waals surface area contributed by atoms with Gasteiger partial charge in [0.1, 0.15) is 4.90 Å². The lowest BCUT2D eigenvalue weighted by Gasteiger charge is -2.12. The normalized spacial score (nSPS) is 13.6. The molecule has 18 heavy (non-hydrogen) atoms. The number of hydrogen-bond donors (Lipinski definition) is 3. The molecule has 0 aliphatic heterocycles. The fourth-order valence-corrected chi connectivity index (χ4v) is 2.76. The SMILES string of the molecule is CC(CO)CNS(=O)(=O)c1cc(Cl)cc(N)c1F. The molecule has 0 aliphatic rings. The van der Waals surface area contributed by atoms with Gasteiger partial charge in [0.2, 0.25) is 10.0 Å². The Morgan fingerprint density at radius 1 is 1.56 bits per heavy atom. The molecule has 1 rings (SSSR count). The second-order valence-electron chi connectivity index (χ2n) is 3.95. The van der Waals surface area contributed by atoms with Crippen LogP contribution < -0.4 is 10.5 Å². The van der Waals surface area contributed by atoms with Gasteiger partial charge in [-0.05, 0) is 18.1 Å². The van der Waals surface area contributed by atoms with E-state index >= 15 is 0 Å². The van der Waals surface area contributed by atoms with Gasteiger partial charge in [-0.3, -0.25) is 0 Å². The molecule has 102 valence electrons. The molecule has 0 saturated heterocycles. The van der Waals surface area contributed by atoms with E-state index < -0.39 is 20.7 Å². The minimum absolute atomic E-state index is 0.00923. The third-order valence-corrected chi connectivity index (χ3v) is 3.90. The zero-order valence-corrected chi connectivity index (χ0v) is 11.2. The number of benzene rings is 1. The Balaban J connectivity index is 3.05. The molecular weight excluding hydrogens is 283 g/mol. The van der Waals surface area contributed by atoms with Crippen LogP contribution in [0.5, 0.6) is 0 Å². The molecule has 0 radical (unpaired) electrons. The summed E-state index contributed by atoms with van der Waals surface area (Å²) >= 11 is 5.64. The Morgan fingerprint density at radius 3 is 2.72 bits per heavy atom. The molecule has 1 atom stereocenters. The Kier molecular flexibility index (Phi) is 4.92. The molecule has 0 aliphatic carbocycles. The smallest absolute Gasteiger partial charge is 0.243 e. The first-order valence-corrected chi connectivity index (χ1v) is 6.99. The molecule has 1 aromatic carbocycles. The van der Waals surface area contributed by atoms with Crippen LogP contribution in [-0.4, -0.2) is 26.7 Å². The Morgan fingerprint density at radius 2 is 2.17 bits per heavy atom. The van der Waals surface area contributed by atoms with Gasteiger partial charge in [-0.1, -0.05) is 18.5 Å². The zero-order valence-electron chi connectivity index (χ0n) is 9.65. The van der Waals surface area contributed by atoms with Crippen molar-refractivity contribution in [2.24, 2.45) is 5.92 Å². The van der Waals surface area contributed by atoms with Crippen molar-refractivity contribution in [1.82, 2.24) is 4.72 Å². The van der Waals surface area contributed by atoms with E-state index in [9.17, 15) is 12.8 Å². The molecule has 1 unspecified atom stereocenters. The molecule has 0 aromatic heterocycles. The Hall–Kier alpha value is -0.890. The maximum Gasteiger partial charge on any atom is 0.243 e. The van der Waals surface area contributed by atoms with Gasteiger partial charge in [-0.2, -0.15) is 0 Å². The van der Waals surface area contributed by atoms with E-state index in [1.54, 1.807) is 6.92 Å². The summed E-state index contributed by atoms with van der Waals surface area (Å²) in [5.41, 5.74) is 4.97. The molecule has 8 heteroatoms. The van der Waals surface area contributed by atoms with Crippen LogP contribution in [0.3, 0.4) is 0 Å². The lowest BCUT2D eigenvalue weighted by molar-refractivity contribution is 0.238. The molecule has 0 saturated carbocycles. The lowest BCUT2D eigenvalue weighted by Crippen LogP contribution is -2.30. The number of nitrogens with one attached hydrogen (secondary N) is 1. The second kappa shape index (κ2) is 5.83. The van der Waals surface area contributed by atoms with Crippen LogP contribution in [0.2, 0.25) is 5.02 Å². The monoisotopic (exact) mass is 296 g/mol. The fourth-order valence-electron chi connectivity index (χ4n) is 1.17. The number of aliphatic hydroxyl groups is 1. The number of rotatable bonds is 5. The van der Waals surface area contributed by atoms with Crippen LogP contribution in [0.4, 0.5) is 10.1 Å². The molecule has 0 heterocycles. The number of nitrogens with two attached hydrogens (primary N) is 1. The number of aliphatic hydroxyl groups excluding tert-OH is 1. The van der Waals surface area contributed by atoms with Gasteiger partial charge in [0, 0.05) is 18.2 Å². The third kappa shape index (κ3) is 3.55. The average Bonchev–Trinajstić information content (AvgIpc) is 2.30. The molecule has 0 amide bonds. The molecular formula is C10H14ClFN2O3S. The van der Waals surface area contributed by atoms with E-state index in [0.29, 0.717) is 0 Å². The lowest BCUT2D eigenvalue weighted by atomic mass is 10.2. The van der Waals surface area contributed by atoms with E-state index in [0.717, 1.165) is 12.1 Å². The van der Waals surface area contributed by atoms with E-state index in [1.165, 1.54) is 0 Å². The van der Waals surface area contributed by atoms with Crippen molar-refractivity contribution in [1.29, 1.82) is 0 Å². The first kappa shape index (κ1) is 15.2. The highest BCUT2D eigenvalue weighted by molar-refractivity contribution is 7.89. The minimum Gasteiger partial charge on any atom is -0.396 e. The number of hydrogen-bond acceptors (Lipinski definition) is 4. The summed E-state index contributed by atoms with van der Waals surface area (Å²) in [4.78, 5) is -0.599. The van der Waals surface area contributed by atoms with Gasteiger partial charge in [0.15, 0.2) is 5.82 Å². The Labute approximate surface area is 110 Å². The first-order chi connectivity index (χ1) is 8.27. The highest BCUT2D eigenvalue weighted by atomic mass is 35.5. The van der Waals surface area contributed by atoms with Gasteiger partial charge in [-0.15, -0.1) is 0 Å². The van der Waals surface area contributed by atoms with Crippen LogP contribution in [0, 0.1) is 11.7 Å². The highest BCUT2D eigenvalue weighted by Gasteiger charge is 2.22. The topological polar surface area (TPSA) is 92.4 Å². The molecule has 4 N–H and O–H groups in total. The van der Waals surface area contributed by atoms with Crippen molar-refractivity contribution in [3.63, 3.8) is 0 Å². The molecule has 0 fully saturated rings. The molecule has 0 bridgehead atoms. The van der Waals surface area contributed by atoms with Crippen LogP contribution in [0.25, 0.3) is 0 Å². The largest absolute Gasteiger partial charge is 0.396 e. The summed E-state index contributed by atoms with van der Waals surface area (Å²) in [5.74, 6) is -1.32. The quantitative estimate of drug-likeness (QED) is 0.706. The van der Waals surface area contributed by atoms with Crippen molar-refractivity contribution in [2.45, 2.75) is 11.8 Å². The maximum absolute atomic E-state index is 13.6. The van der Waals surface area contributed by atoms with Crippen LogP contribution in [0.15, 0.2) is 17.0 Å². The van der Waals surface area contributed by atoms with Crippen LogP contribution in [0.1, 0.15) is 6.92 Å². The van der Waals surface area contributed by atoms with Gasteiger partial charge in [0.25, 0.3) is 0 Å². The van der Waals surface area contributed by atoms with Gasteiger partial charge in [0.05, 0.1) is 5.69 Å². The molecule has 5 nitrogen and oxygen atoms in total. The summed E-state index contributed by atoms with van der Waals surface area (Å²) in [6, 6.07) is 2.12. The fraction of sp³-hybridized carbons (Fsp3) is 0.400. The number of sulfonamides is 1. The van der Waals surface area contributed by atoms with Gasteiger partial charge in [-0.25, -0.2) is 17.5 Å². The van der Waals surface area contributed by atoms with E-state index in [2.05, 4.69) is 4.72 Å². The average molecular weight is 297 g/mol. The van der Waals surface area contributed by atoms with E-state index in [4.69, 9.17) is 22.4 Å². The predicted octanol–water partition coefficient (Wildman–Crippen LogP) is 0.968. The second-order valence-corrected chi connectivity index (χ2v) is 6.12. The van der Waals surface area contributed by atoms with Crippen LogP contribution in [-0.2, 0) is 10.0 Å². The number of nitrogen functional groups attached to an aromatic ring is 1. The summed E-state index contributed by atoms with van der Waals surface area (Å²) in [6.07, 6.45) is 0. The van der Waals surface area contributed by atoms with Crippen molar-refractivity contribution >= 4 is 27.3 Å². The summed E-state index contributed by atoms with van der Waals surface area (Å²) in [6.45, 7) is 1.46. The standard InChI is InChI=1S/C10H14ClFN2O3S/c1-6(5-15)4-14-18(16,17)9-3-7(11)2-8(13)10(9)12/h2-3,6,14-15H,4-5,13H2,1H3. The van der Waals surface area contributed by atoms with Crippen molar-refractivity contribution in [2.75, 3.05) is 18.9 Å². The summed E-state index contributed by atoms with van der Waals surface area (Å²) in [7, 11) is -4.04. The van der Waals surface area contributed by atoms with E-state index in [1.807, 2.05) is 0 Å². The summed E-state index contributed by atoms with van der Waals surface area (Å²) in [5, 5.41) is 8.83. The van der Waals surface area contributed by atoms with Crippen LogP contribution >= 0.6 is 11.6 Å². The molecule has 0 spiro atoms. The Bertz CT molecular complexity index is 536. The first-order valence-electron chi connectivity index (χ1n) is 5.13. The molecule has 1 aromatic rings. The highest BCUT2D eigenvalue weighted by Crippen LogP contribution is 2.25. The third-order valence-electron chi connectivity index (χ3n) is 2.26. The van der Waals surface area contributed by atoms with Crippen molar-refractivity contribution in [3.05, 3.63) is 23.0 Å².